The summed E-state index contributed by atoms with van der Waals surface area (Å²) >= 11 is 0. The molecule has 2 rings (SSSR count). The lowest BCUT2D eigenvalue weighted by molar-refractivity contribution is -0.122. The van der Waals surface area contributed by atoms with Crippen LogP contribution in [0.5, 0.6) is 0 Å². The third-order valence-corrected chi connectivity index (χ3v) is 3.40. The highest BCUT2D eigenvalue weighted by Gasteiger charge is 2.25. The van der Waals surface area contributed by atoms with Gasteiger partial charge in [0, 0.05) is 13.0 Å². The molecule has 0 radical (unpaired) electrons. The molecule has 1 heterocycles. The van der Waals surface area contributed by atoms with Gasteiger partial charge in [-0.1, -0.05) is 12.1 Å². The number of anilines is 1. The van der Waals surface area contributed by atoms with Crippen molar-refractivity contribution >= 4 is 11.6 Å². The van der Waals surface area contributed by atoms with E-state index in [0.29, 0.717) is 11.3 Å². The number of carbonyl (C=O) groups excluding carboxylic acids is 1. The zero-order valence-electron chi connectivity index (χ0n) is 10.5. The van der Waals surface area contributed by atoms with Crippen LogP contribution in [0.25, 0.3) is 0 Å². The molecule has 1 saturated heterocycles. The monoisotopic (exact) mass is 243 g/mol. The Labute approximate surface area is 107 Å². The largest absolute Gasteiger partial charge is 0.317 e. The van der Waals surface area contributed by atoms with E-state index in [1.807, 2.05) is 18.2 Å². The zero-order chi connectivity index (χ0) is 13.0. The SMILES string of the molecule is CN(C(=O)C1CCNCC1)c1ccccc1C#N. The van der Waals surface area contributed by atoms with Crippen molar-refractivity contribution in [3.8, 4) is 6.07 Å². The molecule has 1 aromatic carbocycles. The van der Waals surface area contributed by atoms with Crippen molar-refractivity contribution in [2.24, 2.45) is 5.92 Å². The van der Waals surface area contributed by atoms with E-state index >= 15 is 0 Å². The van der Waals surface area contributed by atoms with Crippen LogP contribution in [-0.2, 0) is 4.79 Å². The number of piperidine rings is 1. The van der Waals surface area contributed by atoms with Crippen LogP contribution in [-0.4, -0.2) is 26.0 Å². The van der Waals surface area contributed by atoms with Gasteiger partial charge in [0.25, 0.3) is 0 Å². The lowest BCUT2D eigenvalue weighted by Crippen LogP contribution is -2.39. The molecule has 0 aromatic heterocycles. The molecule has 4 heteroatoms. The van der Waals surface area contributed by atoms with Crippen LogP contribution in [0.1, 0.15) is 18.4 Å². The molecular weight excluding hydrogens is 226 g/mol. The molecule has 0 aliphatic carbocycles. The Morgan fingerprint density at radius 3 is 2.72 bits per heavy atom. The van der Waals surface area contributed by atoms with Gasteiger partial charge in [0.15, 0.2) is 0 Å². The molecule has 0 spiro atoms. The van der Waals surface area contributed by atoms with Gasteiger partial charge in [0.05, 0.1) is 11.3 Å². The predicted octanol–water partition coefficient (Wildman–Crippen LogP) is 1.52. The molecule has 1 N–H and O–H groups in total. The van der Waals surface area contributed by atoms with Gasteiger partial charge in [-0.25, -0.2) is 0 Å². The van der Waals surface area contributed by atoms with Gasteiger partial charge < -0.3 is 10.2 Å². The molecule has 4 nitrogen and oxygen atoms in total. The maximum atomic E-state index is 12.4. The number of hydrogen-bond donors (Lipinski definition) is 1. The van der Waals surface area contributed by atoms with E-state index in [1.165, 1.54) is 0 Å². The Hall–Kier alpha value is -1.86. The molecule has 0 bridgehead atoms. The van der Waals surface area contributed by atoms with Crippen LogP contribution in [0.3, 0.4) is 0 Å². The Balaban J connectivity index is 2.17. The maximum Gasteiger partial charge on any atom is 0.229 e. The lowest BCUT2D eigenvalue weighted by Gasteiger charge is -2.27. The van der Waals surface area contributed by atoms with Crippen LogP contribution in [0, 0.1) is 17.2 Å². The highest BCUT2D eigenvalue weighted by atomic mass is 16.2. The second kappa shape index (κ2) is 5.65. The minimum atomic E-state index is 0.0722. The first-order valence-corrected chi connectivity index (χ1v) is 6.21. The summed E-state index contributed by atoms with van der Waals surface area (Å²) in [5.74, 6) is 0.183. The predicted molar refractivity (Wildman–Crippen MR) is 70.2 cm³/mol. The average Bonchev–Trinajstić information content (AvgIpc) is 2.46. The summed E-state index contributed by atoms with van der Waals surface area (Å²) in [6.07, 6.45) is 1.75. The summed E-state index contributed by atoms with van der Waals surface area (Å²) in [6.45, 7) is 1.79. The van der Waals surface area contributed by atoms with Crippen LogP contribution in [0.2, 0.25) is 0 Å². The number of para-hydroxylation sites is 1. The zero-order valence-corrected chi connectivity index (χ0v) is 10.5. The van der Waals surface area contributed by atoms with Gasteiger partial charge >= 0.3 is 0 Å². The number of benzene rings is 1. The van der Waals surface area contributed by atoms with Gasteiger partial charge in [-0.2, -0.15) is 5.26 Å². The van der Waals surface area contributed by atoms with E-state index in [-0.39, 0.29) is 11.8 Å². The van der Waals surface area contributed by atoms with E-state index in [4.69, 9.17) is 5.26 Å². The van der Waals surface area contributed by atoms with Gasteiger partial charge in [0.2, 0.25) is 5.91 Å². The molecular formula is C14H17N3O. The Kier molecular flexibility index (Phi) is 3.96. The Morgan fingerprint density at radius 2 is 2.06 bits per heavy atom. The van der Waals surface area contributed by atoms with E-state index in [1.54, 1.807) is 18.0 Å². The van der Waals surface area contributed by atoms with Crippen molar-refractivity contribution in [1.29, 1.82) is 5.26 Å². The summed E-state index contributed by atoms with van der Waals surface area (Å²) in [6, 6.07) is 9.34. The quantitative estimate of drug-likeness (QED) is 0.856. The number of amides is 1. The van der Waals surface area contributed by atoms with Crippen molar-refractivity contribution < 1.29 is 4.79 Å². The first-order chi connectivity index (χ1) is 8.74. The average molecular weight is 243 g/mol. The summed E-state index contributed by atoms with van der Waals surface area (Å²) < 4.78 is 0. The third kappa shape index (κ3) is 2.52. The second-order valence-electron chi connectivity index (χ2n) is 4.55. The fraction of sp³-hybridized carbons (Fsp3) is 0.429. The molecule has 0 saturated carbocycles. The topological polar surface area (TPSA) is 56.1 Å². The molecule has 1 aliphatic rings. The van der Waals surface area contributed by atoms with Gasteiger partial charge in [-0.05, 0) is 38.1 Å². The summed E-state index contributed by atoms with van der Waals surface area (Å²) in [7, 11) is 1.75. The molecule has 94 valence electrons. The highest BCUT2D eigenvalue weighted by Crippen LogP contribution is 2.22. The standard InChI is InChI=1S/C14H17N3O/c1-17(13-5-3-2-4-12(13)10-15)14(18)11-6-8-16-9-7-11/h2-5,11,16H,6-9H2,1H3. The van der Waals surface area contributed by atoms with Crippen molar-refractivity contribution in [3.63, 3.8) is 0 Å². The third-order valence-electron chi connectivity index (χ3n) is 3.40. The lowest BCUT2D eigenvalue weighted by atomic mass is 9.96. The molecule has 1 aliphatic heterocycles. The number of nitriles is 1. The summed E-state index contributed by atoms with van der Waals surface area (Å²) in [5, 5.41) is 12.3. The molecule has 18 heavy (non-hydrogen) atoms. The van der Waals surface area contributed by atoms with Crippen molar-refractivity contribution in [3.05, 3.63) is 29.8 Å². The molecule has 0 unspecified atom stereocenters. The van der Waals surface area contributed by atoms with Crippen molar-refractivity contribution in [2.45, 2.75) is 12.8 Å². The Bertz CT molecular complexity index is 472. The first kappa shape index (κ1) is 12.6. The minimum absolute atomic E-state index is 0.0722. The number of nitrogens with zero attached hydrogens (tertiary/aromatic N) is 2. The fourth-order valence-electron chi connectivity index (χ4n) is 2.32. The number of nitrogens with one attached hydrogen (secondary N) is 1. The van der Waals surface area contributed by atoms with Crippen molar-refractivity contribution in [1.82, 2.24) is 5.32 Å². The minimum Gasteiger partial charge on any atom is -0.317 e. The van der Waals surface area contributed by atoms with E-state index in [0.717, 1.165) is 25.9 Å². The van der Waals surface area contributed by atoms with Crippen LogP contribution >= 0.6 is 0 Å². The summed E-state index contributed by atoms with van der Waals surface area (Å²) in [5.41, 5.74) is 1.24. The van der Waals surface area contributed by atoms with Gasteiger partial charge in [0.1, 0.15) is 6.07 Å². The van der Waals surface area contributed by atoms with Crippen LogP contribution in [0.4, 0.5) is 5.69 Å². The number of hydrogen-bond acceptors (Lipinski definition) is 3. The highest BCUT2D eigenvalue weighted by molar-refractivity contribution is 5.95. The fourth-order valence-corrected chi connectivity index (χ4v) is 2.32. The van der Waals surface area contributed by atoms with Crippen LogP contribution < -0.4 is 10.2 Å². The molecule has 0 atom stereocenters. The first-order valence-electron chi connectivity index (χ1n) is 6.21. The number of carbonyl (C=O) groups is 1. The smallest absolute Gasteiger partial charge is 0.229 e. The molecule has 1 amide bonds. The molecule has 1 aromatic rings. The number of rotatable bonds is 2. The second-order valence-corrected chi connectivity index (χ2v) is 4.55. The normalized spacial score (nSPS) is 16.0. The van der Waals surface area contributed by atoms with Crippen molar-refractivity contribution in [2.75, 3.05) is 25.0 Å². The van der Waals surface area contributed by atoms with E-state index in [2.05, 4.69) is 11.4 Å². The molecule has 1 fully saturated rings. The van der Waals surface area contributed by atoms with Crippen LogP contribution in [0.15, 0.2) is 24.3 Å². The maximum absolute atomic E-state index is 12.4. The Morgan fingerprint density at radius 1 is 1.39 bits per heavy atom. The van der Waals surface area contributed by atoms with Gasteiger partial charge in [-0.15, -0.1) is 0 Å². The summed E-state index contributed by atoms with van der Waals surface area (Å²) in [4.78, 5) is 14.0. The van der Waals surface area contributed by atoms with E-state index < -0.39 is 0 Å². The van der Waals surface area contributed by atoms with Gasteiger partial charge in [-0.3, -0.25) is 4.79 Å². The van der Waals surface area contributed by atoms with E-state index in [9.17, 15) is 4.79 Å².